The Hall–Kier alpha value is -2.86. The highest BCUT2D eigenvalue weighted by Crippen LogP contribution is 2.29. The van der Waals surface area contributed by atoms with Crippen molar-refractivity contribution in [1.29, 1.82) is 5.41 Å². The predicted molar refractivity (Wildman–Crippen MR) is 104 cm³/mol. The summed E-state index contributed by atoms with van der Waals surface area (Å²) in [6, 6.07) is 16.1. The Kier molecular flexibility index (Phi) is 7.37. The fourth-order valence-electron chi connectivity index (χ4n) is 2.78. The summed E-state index contributed by atoms with van der Waals surface area (Å²) in [5.41, 5.74) is 7.71. The van der Waals surface area contributed by atoms with Gasteiger partial charge in [0.05, 0.1) is 0 Å². The van der Waals surface area contributed by atoms with E-state index in [1.807, 2.05) is 49.4 Å². The van der Waals surface area contributed by atoms with Gasteiger partial charge in [-0.25, -0.2) is 4.79 Å². The lowest BCUT2D eigenvalue weighted by atomic mass is 9.83. The average molecular weight is 370 g/mol. The molecule has 0 heterocycles. The molecule has 2 aromatic rings. The van der Waals surface area contributed by atoms with Gasteiger partial charge in [0.25, 0.3) is 0 Å². The number of nitrogens with one attached hydrogen (secondary N) is 1. The molecule has 0 unspecified atom stereocenters. The summed E-state index contributed by atoms with van der Waals surface area (Å²) in [5, 5.41) is 17.2. The summed E-state index contributed by atoms with van der Waals surface area (Å²) in [6.45, 7) is 2.10. The Morgan fingerprint density at radius 2 is 1.81 bits per heavy atom. The summed E-state index contributed by atoms with van der Waals surface area (Å²) in [7, 11) is 0. The van der Waals surface area contributed by atoms with E-state index in [-0.39, 0.29) is 24.7 Å². The van der Waals surface area contributed by atoms with Crippen LogP contribution >= 0.6 is 0 Å². The fourth-order valence-corrected chi connectivity index (χ4v) is 2.78. The topological polar surface area (TPSA) is 106 Å². The van der Waals surface area contributed by atoms with Gasteiger partial charge in [-0.05, 0) is 42.5 Å². The second-order valence-corrected chi connectivity index (χ2v) is 6.46. The van der Waals surface area contributed by atoms with Crippen LogP contribution in [0.4, 0.5) is 4.79 Å². The highest BCUT2D eigenvalue weighted by atomic mass is 16.7. The van der Waals surface area contributed by atoms with Crippen molar-refractivity contribution in [1.82, 2.24) is 0 Å². The molecule has 1 atom stereocenters. The minimum atomic E-state index is -0.878. The van der Waals surface area contributed by atoms with Crippen LogP contribution in [-0.4, -0.2) is 17.2 Å². The quantitative estimate of drug-likeness (QED) is 0.361. The van der Waals surface area contributed by atoms with Crippen LogP contribution in [0, 0.1) is 5.41 Å². The Balaban J connectivity index is 1.75. The average Bonchev–Trinajstić information content (AvgIpc) is 2.67. The first kappa shape index (κ1) is 20.5. The predicted octanol–water partition coefficient (Wildman–Crippen LogP) is 4.46. The third-order valence-electron chi connectivity index (χ3n) is 4.51. The second kappa shape index (κ2) is 9.73. The molecule has 0 fully saturated rings. The minimum Gasteiger partial charge on any atom is -0.508 e. The molecule has 0 saturated carbocycles. The molecule has 6 heteroatoms. The van der Waals surface area contributed by atoms with Gasteiger partial charge in [0, 0.05) is 12.0 Å². The lowest BCUT2D eigenvalue weighted by molar-refractivity contribution is 0.0876. The molecule has 0 spiro atoms. The third-order valence-corrected chi connectivity index (χ3v) is 4.51. The number of phenols is 1. The fraction of sp³-hybridized carbons (Fsp3) is 0.333. The summed E-state index contributed by atoms with van der Waals surface area (Å²) < 4.78 is 9.89. The van der Waals surface area contributed by atoms with Gasteiger partial charge in [-0.3, -0.25) is 5.41 Å². The maximum Gasteiger partial charge on any atom is 0.515 e. The van der Waals surface area contributed by atoms with Crippen LogP contribution in [0.25, 0.3) is 0 Å². The number of aromatic hydroxyl groups is 1. The van der Waals surface area contributed by atoms with E-state index in [9.17, 15) is 9.90 Å². The van der Waals surface area contributed by atoms with E-state index in [0.29, 0.717) is 19.3 Å². The Morgan fingerprint density at radius 1 is 1.15 bits per heavy atom. The molecular formula is C21H26N2O4. The Labute approximate surface area is 159 Å². The van der Waals surface area contributed by atoms with Crippen LogP contribution < -0.4 is 5.73 Å². The number of phenolic OH excluding ortho intramolecular Hbond substituents is 1. The van der Waals surface area contributed by atoms with Gasteiger partial charge in [-0.15, -0.1) is 0 Å². The molecule has 2 aromatic carbocycles. The first-order valence-corrected chi connectivity index (χ1v) is 8.97. The standard InChI is InChI=1S/C21H26N2O4/c1-2-21(23,17-10-12-18(24)13-11-17)14-6-9-19(22)27-20(25)26-15-16-7-4-3-5-8-16/h3-5,7-8,10-13,22,24H,2,6,9,14-15,23H2,1H3/t21-/m0/s1. The number of carbonyl (C=O) groups excluding carboxylic acids is 1. The number of hydrogen-bond donors (Lipinski definition) is 3. The highest BCUT2D eigenvalue weighted by molar-refractivity contribution is 5.83. The van der Waals surface area contributed by atoms with Crippen LogP contribution in [0.2, 0.25) is 0 Å². The monoisotopic (exact) mass is 370 g/mol. The molecule has 2 rings (SSSR count). The van der Waals surface area contributed by atoms with Crippen molar-refractivity contribution in [3.8, 4) is 5.75 Å². The van der Waals surface area contributed by atoms with E-state index in [0.717, 1.165) is 11.1 Å². The Morgan fingerprint density at radius 3 is 2.44 bits per heavy atom. The van der Waals surface area contributed by atoms with Gasteiger partial charge < -0.3 is 20.3 Å². The molecule has 27 heavy (non-hydrogen) atoms. The van der Waals surface area contributed by atoms with Crippen LogP contribution in [0.3, 0.4) is 0 Å². The zero-order chi connectivity index (χ0) is 19.7. The minimum absolute atomic E-state index is 0.107. The number of carbonyl (C=O) groups is 1. The van der Waals surface area contributed by atoms with Crippen molar-refractivity contribution in [2.24, 2.45) is 5.73 Å². The van der Waals surface area contributed by atoms with E-state index in [4.69, 9.17) is 20.6 Å². The zero-order valence-electron chi connectivity index (χ0n) is 15.5. The van der Waals surface area contributed by atoms with Gasteiger partial charge in [-0.1, -0.05) is 49.4 Å². The molecular weight excluding hydrogens is 344 g/mol. The van der Waals surface area contributed by atoms with E-state index < -0.39 is 11.7 Å². The lowest BCUT2D eigenvalue weighted by Gasteiger charge is -2.29. The molecule has 0 bridgehead atoms. The number of rotatable bonds is 8. The third kappa shape index (κ3) is 6.42. The van der Waals surface area contributed by atoms with Crippen LogP contribution in [0.5, 0.6) is 5.75 Å². The first-order valence-electron chi connectivity index (χ1n) is 8.97. The van der Waals surface area contributed by atoms with Gasteiger partial charge in [0.15, 0.2) is 5.90 Å². The first-order chi connectivity index (χ1) is 12.9. The zero-order valence-corrected chi connectivity index (χ0v) is 15.5. The van der Waals surface area contributed by atoms with Crippen molar-refractivity contribution in [2.75, 3.05) is 0 Å². The van der Waals surface area contributed by atoms with Crippen LogP contribution in [-0.2, 0) is 21.6 Å². The molecule has 0 amide bonds. The molecule has 6 nitrogen and oxygen atoms in total. The molecule has 0 aromatic heterocycles. The molecule has 144 valence electrons. The summed E-state index contributed by atoms with van der Waals surface area (Å²) >= 11 is 0. The van der Waals surface area contributed by atoms with Crippen LogP contribution in [0.1, 0.15) is 43.7 Å². The summed E-state index contributed by atoms with van der Waals surface area (Å²) in [6.07, 6.45) is 1.34. The SMILES string of the molecule is CC[C@](N)(CCCC(=N)OC(=O)OCc1ccccc1)c1ccc(O)cc1. The molecule has 4 N–H and O–H groups in total. The van der Waals surface area contributed by atoms with E-state index in [1.165, 1.54) is 0 Å². The second-order valence-electron chi connectivity index (χ2n) is 6.46. The van der Waals surface area contributed by atoms with E-state index in [2.05, 4.69) is 0 Å². The smallest absolute Gasteiger partial charge is 0.508 e. The summed E-state index contributed by atoms with van der Waals surface area (Å²) in [5.74, 6) is 0.0543. The number of benzene rings is 2. The molecule has 0 saturated heterocycles. The van der Waals surface area contributed by atoms with Gasteiger partial charge in [0.1, 0.15) is 12.4 Å². The molecule has 0 aliphatic rings. The van der Waals surface area contributed by atoms with Crippen molar-refractivity contribution in [3.63, 3.8) is 0 Å². The number of nitrogens with two attached hydrogens (primary N) is 1. The van der Waals surface area contributed by atoms with Crippen LogP contribution in [0.15, 0.2) is 54.6 Å². The van der Waals surface area contributed by atoms with Gasteiger partial charge in [-0.2, -0.15) is 0 Å². The molecule has 0 aliphatic heterocycles. The molecule has 0 aliphatic carbocycles. The van der Waals surface area contributed by atoms with Gasteiger partial charge in [0.2, 0.25) is 0 Å². The van der Waals surface area contributed by atoms with Crippen molar-refractivity contribution in [3.05, 3.63) is 65.7 Å². The number of ether oxygens (including phenoxy) is 2. The largest absolute Gasteiger partial charge is 0.515 e. The number of hydrogen-bond acceptors (Lipinski definition) is 6. The maximum absolute atomic E-state index is 11.7. The van der Waals surface area contributed by atoms with E-state index in [1.54, 1.807) is 12.1 Å². The van der Waals surface area contributed by atoms with Crippen molar-refractivity contribution in [2.45, 2.75) is 44.8 Å². The molecule has 0 radical (unpaired) electrons. The highest BCUT2D eigenvalue weighted by Gasteiger charge is 2.25. The van der Waals surface area contributed by atoms with Gasteiger partial charge >= 0.3 is 6.16 Å². The summed E-state index contributed by atoms with van der Waals surface area (Å²) in [4.78, 5) is 11.7. The normalized spacial score (nSPS) is 12.8. The van der Waals surface area contributed by atoms with E-state index >= 15 is 0 Å². The van der Waals surface area contributed by atoms with Crippen molar-refractivity contribution < 1.29 is 19.4 Å². The maximum atomic E-state index is 11.7. The lowest BCUT2D eigenvalue weighted by Crippen LogP contribution is -2.36. The Bertz CT molecular complexity index is 747. The van der Waals surface area contributed by atoms with Crippen molar-refractivity contribution >= 4 is 12.1 Å².